The first kappa shape index (κ1) is 18.5. The lowest BCUT2D eigenvalue weighted by Gasteiger charge is -2.13. The summed E-state index contributed by atoms with van der Waals surface area (Å²) in [4.78, 5) is 18.7. The first-order chi connectivity index (χ1) is 13.0. The maximum Gasteiger partial charge on any atom is 0.257 e. The normalized spacial score (nSPS) is 10.3. The van der Waals surface area contributed by atoms with E-state index in [1.165, 1.54) is 5.56 Å². The van der Waals surface area contributed by atoms with Crippen LogP contribution >= 0.6 is 0 Å². The van der Waals surface area contributed by atoms with Crippen LogP contribution in [0.25, 0.3) is 0 Å². The van der Waals surface area contributed by atoms with E-state index >= 15 is 0 Å². The molecule has 2 aromatic carbocycles. The molecule has 1 heterocycles. The third-order valence-electron chi connectivity index (χ3n) is 4.30. The molecule has 0 spiro atoms. The Morgan fingerprint density at radius 2 is 1.59 bits per heavy atom. The molecule has 0 unspecified atom stereocenters. The predicted octanol–water partition coefficient (Wildman–Crippen LogP) is 4.71. The van der Waals surface area contributed by atoms with E-state index in [9.17, 15) is 4.79 Å². The van der Waals surface area contributed by atoms with Gasteiger partial charge in [0.2, 0.25) is 0 Å². The van der Waals surface area contributed by atoms with Crippen molar-refractivity contribution < 1.29 is 4.79 Å². The number of amides is 1. The molecule has 0 radical (unpaired) electrons. The van der Waals surface area contributed by atoms with Crippen LogP contribution in [0, 0.1) is 0 Å². The van der Waals surface area contributed by atoms with E-state index in [2.05, 4.69) is 22.5 Å². The van der Waals surface area contributed by atoms with Crippen LogP contribution < -0.4 is 15.5 Å². The second-order valence-electron chi connectivity index (χ2n) is 6.50. The second-order valence-corrected chi connectivity index (χ2v) is 6.50. The molecular formula is C22H24N4O. The number of anilines is 4. The van der Waals surface area contributed by atoms with E-state index in [0.717, 1.165) is 23.5 Å². The minimum absolute atomic E-state index is 0.173. The quantitative estimate of drug-likeness (QED) is 0.669. The lowest BCUT2D eigenvalue weighted by atomic mass is 10.1. The van der Waals surface area contributed by atoms with Crippen LogP contribution in [-0.2, 0) is 6.42 Å². The largest absolute Gasteiger partial charge is 0.378 e. The van der Waals surface area contributed by atoms with Crippen LogP contribution in [0.5, 0.6) is 0 Å². The van der Waals surface area contributed by atoms with Crippen LogP contribution in [0.4, 0.5) is 22.9 Å². The number of nitrogens with one attached hydrogen (secondary N) is 2. The van der Waals surface area contributed by atoms with Gasteiger partial charge in [-0.25, -0.2) is 4.98 Å². The molecule has 2 N–H and O–H groups in total. The number of aromatic nitrogens is 1. The fraction of sp³-hybridized carbons (Fsp3) is 0.182. The number of rotatable bonds is 6. The molecule has 1 amide bonds. The Hall–Kier alpha value is -3.34. The zero-order valence-electron chi connectivity index (χ0n) is 15.9. The maximum atomic E-state index is 12.4. The van der Waals surface area contributed by atoms with Crippen LogP contribution in [0.3, 0.4) is 0 Å². The lowest BCUT2D eigenvalue weighted by molar-refractivity contribution is 0.102. The van der Waals surface area contributed by atoms with Gasteiger partial charge in [-0.15, -0.1) is 0 Å². The molecule has 3 rings (SSSR count). The van der Waals surface area contributed by atoms with Crippen molar-refractivity contribution in [2.24, 2.45) is 0 Å². The Morgan fingerprint density at radius 3 is 2.15 bits per heavy atom. The Balaban J connectivity index is 1.62. The van der Waals surface area contributed by atoms with Crippen molar-refractivity contribution in [3.05, 3.63) is 78.0 Å². The summed E-state index contributed by atoms with van der Waals surface area (Å²) in [6.45, 7) is 2.10. The fourth-order valence-electron chi connectivity index (χ4n) is 2.62. The summed E-state index contributed by atoms with van der Waals surface area (Å²) < 4.78 is 0. The molecule has 0 saturated heterocycles. The molecule has 0 aliphatic rings. The minimum Gasteiger partial charge on any atom is -0.378 e. The number of carbonyl (C=O) groups is 1. The van der Waals surface area contributed by atoms with E-state index < -0.39 is 0 Å². The Labute approximate surface area is 160 Å². The molecule has 27 heavy (non-hydrogen) atoms. The van der Waals surface area contributed by atoms with Gasteiger partial charge in [0.25, 0.3) is 5.91 Å². The number of hydrogen-bond acceptors (Lipinski definition) is 4. The van der Waals surface area contributed by atoms with Gasteiger partial charge in [0, 0.05) is 37.4 Å². The van der Waals surface area contributed by atoms with E-state index in [1.807, 2.05) is 67.5 Å². The van der Waals surface area contributed by atoms with Gasteiger partial charge in [-0.2, -0.15) is 0 Å². The SMILES string of the molecule is CCc1ccc(NC(=O)c2ccc(Nc3ccc(N(C)C)cc3)nc2)cc1. The summed E-state index contributed by atoms with van der Waals surface area (Å²) in [5.41, 5.74) is 4.61. The molecule has 138 valence electrons. The van der Waals surface area contributed by atoms with Crippen LogP contribution in [-0.4, -0.2) is 25.0 Å². The summed E-state index contributed by atoms with van der Waals surface area (Å²) in [6, 6.07) is 19.5. The van der Waals surface area contributed by atoms with E-state index in [1.54, 1.807) is 18.3 Å². The van der Waals surface area contributed by atoms with Gasteiger partial charge < -0.3 is 15.5 Å². The molecule has 0 fully saturated rings. The molecule has 5 nitrogen and oxygen atoms in total. The van der Waals surface area contributed by atoms with Crippen molar-refractivity contribution in [3.63, 3.8) is 0 Å². The summed E-state index contributed by atoms with van der Waals surface area (Å²) in [5.74, 6) is 0.519. The standard InChI is InChI=1S/C22H24N4O/c1-4-16-5-8-19(9-6-16)25-22(27)17-7-14-21(23-15-17)24-18-10-12-20(13-11-18)26(2)3/h5-15H,4H2,1-3H3,(H,23,24)(H,25,27). The highest BCUT2D eigenvalue weighted by molar-refractivity contribution is 6.04. The van der Waals surface area contributed by atoms with E-state index in [-0.39, 0.29) is 5.91 Å². The van der Waals surface area contributed by atoms with Crippen molar-refractivity contribution >= 4 is 28.8 Å². The highest BCUT2D eigenvalue weighted by Crippen LogP contribution is 2.19. The van der Waals surface area contributed by atoms with Crippen molar-refractivity contribution in [3.8, 4) is 0 Å². The number of benzene rings is 2. The lowest BCUT2D eigenvalue weighted by Crippen LogP contribution is -2.12. The van der Waals surface area contributed by atoms with Gasteiger partial charge in [0.15, 0.2) is 0 Å². The first-order valence-electron chi connectivity index (χ1n) is 8.96. The van der Waals surface area contributed by atoms with E-state index in [4.69, 9.17) is 0 Å². The molecule has 0 saturated carbocycles. The number of carbonyl (C=O) groups excluding carboxylic acids is 1. The molecule has 5 heteroatoms. The van der Waals surface area contributed by atoms with Crippen LogP contribution in [0.1, 0.15) is 22.8 Å². The van der Waals surface area contributed by atoms with Gasteiger partial charge in [0.1, 0.15) is 5.82 Å². The Morgan fingerprint density at radius 1 is 0.926 bits per heavy atom. The van der Waals surface area contributed by atoms with E-state index in [0.29, 0.717) is 11.4 Å². The molecule has 0 aliphatic heterocycles. The number of pyridine rings is 1. The van der Waals surface area contributed by atoms with Gasteiger partial charge in [-0.1, -0.05) is 19.1 Å². The highest BCUT2D eigenvalue weighted by Gasteiger charge is 2.07. The fourth-order valence-corrected chi connectivity index (χ4v) is 2.62. The summed E-state index contributed by atoms with van der Waals surface area (Å²) in [6.07, 6.45) is 2.55. The van der Waals surface area contributed by atoms with Gasteiger partial charge in [-0.3, -0.25) is 4.79 Å². The van der Waals surface area contributed by atoms with Crippen LogP contribution in [0.2, 0.25) is 0 Å². The monoisotopic (exact) mass is 360 g/mol. The van der Waals surface area contributed by atoms with Gasteiger partial charge >= 0.3 is 0 Å². The highest BCUT2D eigenvalue weighted by atomic mass is 16.1. The number of aryl methyl sites for hydroxylation is 1. The smallest absolute Gasteiger partial charge is 0.257 e. The van der Waals surface area contributed by atoms with Crippen molar-refractivity contribution in [2.75, 3.05) is 29.6 Å². The summed E-state index contributed by atoms with van der Waals surface area (Å²) >= 11 is 0. The third-order valence-corrected chi connectivity index (χ3v) is 4.30. The topological polar surface area (TPSA) is 57.3 Å². The van der Waals surface area contributed by atoms with Gasteiger partial charge in [-0.05, 0) is 60.5 Å². The van der Waals surface area contributed by atoms with Crippen molar-refractivity contribution in [1.82, 2.24) is 4.98 Å². The van der Waals surface area contributed by atoms with Gasteiger partial charge in [0.05, 0.1) is 5.56 Å². The Kier molecular flexibility index (Phi) is 5.71. The molecule has 3 aromatic rings. The second kappa shape index (κ2) is 8.36. The number of hydrogen-bond donors (Lipinski definition) is 2. The molecule has 0 atom stereocenters. The van der Waals surface area contributed by atoms with Crippen molar-refractivity contribution in [1.29, 1.82) is 0 Å². The summed E-state index contributed by atoms with van der Waals surface area (Å²) in [5, 5.41) is 6.13. The average Bonchev–Trinajstić information content (AvgIpc) is 2.69. The third kappa shape index (κ3) is 4.85. The molecule has 0 bridgehead atoms. The van der Waals surface area contributed by atoms with Crippen LogP contribution in [0.15, 0.2) is 66.9 Å². The van der Waals surface area contributed by atoms with Crippen molar-refractivity contribution in [2.45, 2.75) is 13.3 Å². The molecule has 0 aliphatic carbocycles. The maximum absolute atomic E-state index is 12.4. The Bertz CT molecular complexity index is 885. The average molecular weight is 360 g/mol. The summed E-state index contributed by atoms with van der Waals surface area (Å²) in [7, 11) is 4.01. The minimum atomic E-state index is -0.173. The zero-order chi connectivity index (χ0) is 19.2. The first-order valence-corrected chi connectivity index (χ1v) is 8.96. The molecular weight excluding hydrogens is 336 g/mol. The zero-order valence-corrected chi connectivity index (χ0v) is 15.9. The predicted molar refractivity (Wildman–Crippen MR) is 112 cm³/mol. The number of nitrogens with zero attached hydrogens (tertiary/aromatic N) is 2. The molecule has 1 aromatic heterocycles.